The summed E-state index contributed by atoms with van der Waals surface area (Å²) in [5.41, 5.74) is 0.417. The first-order chi connectivity index (χ1) is 8.45. The van der Waals surface area contributed by atoms with Crippen LogP contribution in [-0.2, 0) is 4.74 Å². The van der Waals surface area contributed by atoms with Gasteiger partial charge in [0.15, 0.2) is 0 Å². The average molecular weight is 253 g/mol. The van der Waals surface area contributed by atoms with Crippen LogP contribution in [0.2, 0.25) is 0 Å². The molecule has 106 valence electrons. The molecule has 0 aromatic heterocycles. The lowest BCUT2D eigenvalue weighted by Crippen LogP contribution is -2.56. The normalized spacial score (nSPS) is 32.7. The summed E-state index contributed by atoms with van der Waals surface area (Å²) in [6.07, 6.45) is 8.51. The molecule has 0 spiro atoms. The van der Waals surface area contributed by atoms with Gasteiger partial charge in [0, 0.05) is 5.54 Å². The van der Waals surface area contributed by atoms with E-state index < -0.39 is 0 Å². The van der Waals surface area contributed by atoms with Crippen molar-refractivity contribution < 1.29 is 4.74 Å². The molecular weight excluding hydrogens is 222 g/mol. The molecule has 1 saturated heterocycles. The summed E-state index contributed by atoms with van der Waals surface area (Å²) < 4.78 is 5.92. The zero-order chi connectivity index (χ0) is 13.6. The van der Waals surface area contributed by atoms with Crippen LogP contribution in [0.25, 0.3) is 0 Å². The lowest BCUT2D eigenvalue weighted by Gasteiger charge is -2.46. The number of ether oxygens (including phenoxy) is 1. The molecule has 2 atom stereocenters. The Bertz CT molecular complexity index is 264. The van der Waals surface area contributed by atoms with Gasteiger partial charge in [-0.1, -0.05) is 32.8 Å². The van der Waals surface area contributed by atoms with E-state index in [-0.39, 0.29) is 11.0 Å². The van der Waals surface area contributed by atoms with Crippen LogP contribution >= 0.6 is 0 Å². The van der Waals surface area contributed by atoms with Crippen LogP contribution in [0, 0.1) is 5.41 Å². The number of nitrogens with one attached hydrogen (secondary N) is 1. The highest BCUT2D eigenvalue weighted by atomic mass is 16.5. The molecule has 0 radical (unpaired) electrons. The smallest absolute Gasteiger partial charge is 0.0652 e. The standard InChI is InChI=1S/C16H31NO/c1-6-8-9-16(13-18-14(3)4)12-15(5,7-2)10-11-17-16/h7,14,17H,2,6,8-13H2,1,3-5H3. The molecule has 0 bridgehead atoms. The lowest BCUT2D eigenvalue weighted by atomic mass is 9.70. The van der Waals surface area contributed by atoms with Crippen molar-refractivity contribution >= 4 is 0 Å². The Hall–Kier alpha value is -0.340. The van der Waals surface area contributed by atoms with Gasteiger partial charge in [0.1, 0.15) is 0 Å². The molecule has 18 heavy (non-hydrogen) atoms. The van der Waals surface area contributed by atoms with Gasteiger partial charge in [-0.05, 0) is 45.1 Å². The molecule has 0 amide bonds. The predicted molar refractivity (Wildman–Crippen MR) is 78.9 cm³/mol. The van der Waals surface area contributed by atoms with Gasteiger partial charge in [-0.25, -0.2) is 0 Å². The molecule has 1 fully saturated rings. The maximum absolute atomic E-state index is 5.92. The molecule has 0 aromatic carbocycles. The largest absolute Gasteiger partial charge is 0.377 e. The van der Waals surface area contributed by atoms with Crippen molar-refractivity contribution in [1.82, 2.24) is 5.32 Å². The summed E-state index contributed by atoms with van der Waals surface area (Å²) in [4.78, 5) is 0. The minimum Gasteiger partial charge on any atom is -0.377 e. The van der Waals surface area contributed by atoms with Gasteiger partial charge in [0.25, 0.3) is 0 Å². The fourth-order valence-electron chi connectivity index (χ4n) is 2.90. The van der Waals surface area contributed by atoms with Gasteiger partial charge in [-0.3, -0.25) is 0 Å². The number of allylic oxidation sites excluding steroid dienone is 1. The number of hydrogen-bond acceptors (Lipinski definition) is 2. The minimum absolute atomic E-state index is 0.154. The molecule has 2 nitrogen and oxygen atoms in total. The van der Waals surface area contributed by atoms with Crippen LogP contribution in [0.4, 0.5) is 0 Å². The van der Waals surface area contributed by atoms with Gasteiger partial charge in [0.2, 0.25) is 0 Å². The highest BCUT2D eigenvalue weighted by molar-refractivity contribution is 5.04. The van der Waals surface area contributed by atoms with Crippen molar-refractivity contribution in [3.8, 4) is 0 Å². The molecule has 1 N–H and O–H groups in total. The average Bonchev–Trinajstić information content (AvgIpc) is 2.34. The molecule has 0 saturated carbocycles. The highest BCUT2D eigenvalue weighted by Crippen LogP contribution is 2.39. The van der Waals surface area contributed by atoms with Gasteiger partial charge in [-0.2, -0.15) is 0 Å². The van der Waals surface area contributed by atoms with Crippen molar-refractivity contribution in [2.75, 3.05) is 13.2 Å². The van der Waals surface area contributed by atoms with Crippen LogP contribution in [0.3, 0.4) is 0 Å². The second kappa shape index (κ2) is 6.72. The van der Waals surface area contributed by atoms with E-state index >= 15 is 0 Å². The fourth-order valence-corrected chi connectivity index (χ4v) is 2.90. The van der Waals surface area contributed by atoms with E-state index in [1.54, 1.807) is 0 Å². The lowest BCUT2D eigenvalue weighted by molar-refractivity contribution is -0.00358. The summed E-state index contributed by atoms with van der Waals surface area (Å²) in [5, 5.41) is 3.74. The molecule has 1 rings (SSSR count). The van der Waals surface area contributed by atoms with Crippen molar-refractivity contribution in [1.29, 1.82) is 0 Å². The zero-order valence-electron chi connectivity index (χ0n) is 12.7. The molecule has 0 aromatic rings. The number of hydrogen-bond donors (Lipinski definition) is 1. The SMILES string of the molecule is C=CC1(C)CCNC(CCCC)(COC(C)C)C1. The van der Waals surface area contributed by atoms with Crippen LogP contribution in [-0.4, -0.2) is 24.8 Å². The Morgan fingerprint density at radius 3 is 2.72 bits per heavy atom. The van der Waals surface area contributed by atoms with Crippen LogP contribution < -0.4 is 5.32 Å². The Labute approximate surface area is 113 Å². The first kappa shape index (κ1) is 15.7. The first-order valence-electron chi connectivity index (χ1n) is 7.45. The molecule has 0 aliphatic carbocycles. The van der Waals surface area contributed by atoms with E-state index in [9.17, 15) is 0 Å². The third-order valence-corrected chi connectivity index (χ3v) is 4.13. The van der Waals surface area contributed by atoms with E-state index in [1.807, 2.05) is 0 Å². The van der Waals surface area contributed by atoms with E-state index in [0.29, 0.717) is 6.10 Å². The maximum Gasteiger partial charge on any atom is 0.0652 e. The first-order valence-corrected chi connectivity index (χ1v) is 7.45. The van der Waals surface area contributed by atoms with Crippen molar-refractivity contribution in [3.63, 3.8) is 0 Å². The summed E-state index contributed by atoms with van der Waals surface area (Å²) in [7, 11) is 0. The van der Waals surface area contributed by atoms with Crippen molar-refractivity contribution in [2.24, 2.45) is 5.41 Å². The third-order valence-electron chi connectivity index (χ3n) is 4.13. The summed E-state index contributed by atoms with van der Waals surface area (Å²) in [5.74, 6) is 0. The number of piperidine rings is 1. The Morgan fingerprint density at radius 1 is 1.44 bits per heavy atom. The van der Waals surface area contributed by atoms with Gasteiger partial charge in [0.05, 0.1) is 12.7 Å². The summed E-state index contributed by atoms with van der Waals surface area (Å²) in [6, 6.07) is 0. The Balaban J connectivity index is 2.72. The van der Waals surface area contributed by atoms with Gasteiger partial charge >= 0.3 is 0 Å². The second-order valence-electron chi connectivity index (χ2n) is 6.46. The maximum atomic E-state index is 5.92. The van der Waals surface area contributed by atoms with Crippen LogP contribution in [0.5, 0.6) is 0 Å². The predicted octanol–water partition coefficient (Wildman–Crippen LogP) is 3.92. The zero-order valence-corrected chi connectivity index (χ0v) is 12.7. The molecule has 2 heteroatoms. The monoisotopic (exact) mass is 253 g/mol. The third kappa shape index (κ3) is 4.40. The molecule has 1 heterocycles. The molecule has 1 aliphatic rings. The topological polar surface area (TPSA) is 21.3 Å². The van der Waals surface area contributed by atoms with Crippen molar-refractivity contribution in [3.05, 3.63) is 12.7 Å². The van der Waals surface area contributed by atoms with E-state index in [4.69, 9.17) is 4.74 Å². The summed E-state index contributed by atoms with van der Waals surface area (Å²) >= 11 is 0. The molecule has 1 aliphatic heterocycles. The molecule has 2 unspecified atom stereocenters. The number of unbranched alkanes of at least 4 members (excludes halogenated alkanes) is 1. The highest BCUT2D eigenvalue weighted by Gasteiger charge is 2.40. The molecular formula is C16H31NO. The Morgan fingerprint density at radius 2 is 2.17 bits per heavy atom. The van der Waals surface area contributed by atoms with E-state index in [0.717, 1.165) is 19.6 Å². The van der Waals surface area contributed by atoms with E-state index in [2.05, 4.69) is 45.7 Å². The minimum atomic E-state index is 0.154. The number of rotatable bonds is 7. The van der Waals surface area contributed by atoms with Gasteiger partial charge in [-0.15, -0.1) is 6.58 Å². The summed E-state index contributed by atoms with van der Waals surface area (Å²) in [6.45, 7) is 14.7. The quantitative estimate of drug-likeness (QED) is 0.694. The van der Waals surface area contributed by atoms with Crippen molar-refractivity contribution in [2.45, 2.75) is 71.4 Å². The second-order valence-corrected chi connectivity index (χ2v) is 6.46. The van der Waals surface area contributed by atoms with Gasteiger partial charge < -0.3 is 10.1 Å². The van der Waals surface area contributed by atoms with Crippen LogP contribution in [0.15, 0.2) is 12.7 Å². The van der Waals surface area contributed by atoms with E-state index in [1.165, 1.54) is 25.7 Å². The fraction of sp³-hybridized carbons (Fsp3) is 0.875. The van der Waals surface area contributed by atoms with Crippen LogP contribution in [0.1, 0.15) is 59.8 Å². The Kier molecular flexibility index (Phi) is 5.87.